The molecular formula is C19H23ClN2O4S. The van der Waals surface area contributed by atoms with Crippen molar-refractivity contribution in [2.45, 2.75) is 51.1 Å². The van der Waals surface area contributed by atoms with Crippen LogP contribution in [0.3, 0.4) is 0 Å². The van der Waals surface area contributed by atoms with E-state index >= 15 is 0 Å². The molecular weight excluding hydrogens is 388 g/mol. The van der Waals surface area contributed by atoms with Crippen molar-refractivity contribution < 1.29 is 19.4 Å². The van der Waals surface area contributed by atoms with Gasteiger partial charge in [0.25, 0.3) is 0 Å². The van der Waals surface area contributed by atoms with Crippen molar-refractivity contribution in [2.24, 2.45) is 0 Å². The molecule has 146 valence electrons. The van der Waals surface area contributed by atoms with E-state index in [1.54, 1.807) is 10.6 Å². The van der Waals surface area contributed by atoms with E-state index in [9.17, 15) is 9.90 Å². The van der Waals surface area contributed by atoms with Gasteiger partial charge in [0, 0.05) is 17.5 Å². The zero-order valence-corrected chi connectivity index (χ0v) is 17.0. The molecule has 1 aliphatic rings. The molecule has 6 nitrogen and oxygen atoms in total. The third-order valence-electron chi connectivity index (χ3n) is 4.30. The highest BCUT2D eigenvalue weighted by Gasteiger charge is 2.24. The third-order valence-corrected chi connectivity index (χ3v) is 5.70. The first-order chi connectivity index (χ1) is 13.0. The number of carboxylic acid groups (broad SMARTS) is 1. The van der Waals surface area contributed by atoms with E-state index in [0.717, 1.165) is 36.4 Å². The molecule has 0 bridgehead atoms. The maximum atomic E-state index is 12.0. The highest BCUT2D eigenvalue weighted by molar-refractivity contribution is 7.99. The predicted molar refractivity (Wildman–Crippen MR) is 105 cm³/mol. The van der Waals surface area contributed by atoms with Gasteiger partial charge in [-0.1, -0.05) is 31.9 Å². The molecule has 0 unspecified atom stereocenters. The van der Waals surface area contributed by atoms with Crippen LogP contribution < -0.4 is 9.47 Å². The second kappa shape index (κ2) is 8.89. The van der Waals surface area contributed by atoms with E-state index in [2.05, 4.69) is 18.8 Å². The summed E-state index contributed by atoms with van der Waals surface area (Å²) in [4.78, 5) is 16.6. The molecule has 0 saturated heterocycles. The first-order valence-corrected chi connectivity index (χ1v) is 10.4. The van der Waals surface area contributed by atoms with Gasteiger partial charge in [0.2, 0.25) is 6.79 Å². The lowest BCUT2D eigenvalue weighted by Crippen LogP contribution is -2.13. The van der Waals surface area contributed by atoms with Gasteiger partial charge in [0.15, 0.2) is 17.2 Å². The molecule has 27 heavy (non-hydrogen) atoms. The summed E-state index contributed by atoms with van der Waals surface area (Å²) < 4.78 is 12.5. The van der Waals surface area contributed by atoms with Gasteiger partial charge < -0.3 is 19.1 Å². The normalized spacial score (nSPS) is 12.6. The van der Waals surface area contributed by atoms with Crippen LogP contribution in [0.5, 0.6) is 11.5 Å². The number of fused-ring (bicyclic) bond motifs is 1. The number of aromatic carboxylic acids is 1. The average Bonchev–Trinajstić information content (AvgIpc) is 3.20. The van der Waals surface area contributed by atoms with Gasteiger partial charge in [-0.3, -0.25) is 0 Å². The smallest absolute Gasteiger partial charge is 0.355 e. The molecule has 0 fully saturated rings. The Bertz CT molecular complexity index is 838. The molecule has 1 aromatic heterocycles. The lowest BCUT2D eigenvalue weighted by atomic mass is 10.2. The molecule has 8 heteroatoms. The van der Waals surface area contributed by atoms with Crippen molar-refractivity contribution in [3.63, 3.8) is 0 Å². The number of aromatic nitrogens is 2. The van der Waals surface area contributed by atoms with E-state index in [1.807, 2.05) is 6.07 Å². The zero-order chi connectivity index (χ0) is 19.4. The molecule has 1 aliphatic heterocycles. The second-order valence-corrected chi connectivity index (χ2v) is 7.81. The number of carboxylic acids is 1. The molecule has 1 aromatic carbocycles. The lowest BCUT2D eigenvalue weighted by Gasteiger charge is -2.12. The van der Waals surface area contributed by atoms with Crippen molar-refractivity contribution in [3.05, 3.63) is 34.2 Å². The summed E-state index contributed by atoms with van der Waals surface area (Å²) in [6.45, 7) is 4.66. The van der Waals surface area contributed by atoms with Crippen LogP contribution in [0.15, 0.2) is 17.2 Å². The summed E-state index contributed by atoms with van der Waals surface area (Å²) in [5.41, 5.74) is 1.01. The number of rotatable bonds is 9. The first-order valence-electron chi connectivity index (χ1n) is 9.08. The average molecular weight is 411 g/mol. The molecule has 2 heterocycles. The lowest BCUT2D eigenvalue weighted by molar-refractivity contribution is 0.0681. The van der Waals surface area contributed by atoms with E-state index in [0.29, 0.717) is 34.5 Å². The van der Waals surface area contributed by atoms with E-state index in [1.165, 1.54) is 11.8 Å². The van der Waals surface area contributed by atoms with Crippen LogP contribution in [0, 0.1) is 0 Å². The van der Waals surface area contributed by atoms with Crippen molar-refractivity contribution in [1.82, 2.24) is 9.55 Å². The topological polar surface area (TPSA) is 73.6 Å². The standard InChI is InChI=1S/C19H23ClN2O4S/c1-3-5-7-27-18-17(19(23)24)22(16(21-18)6-4-2)10-12-8-14-15(9-13(12)20)26-11-25-14/h8-9H,3-7,10-11H2,1-2H3,(H,23,24). The Morgan fingerprint density at radius 3 is 2.70 bits per heavy atom. The van der Waals surface area contributed by atoms with Gasteiger partial charge in [-0.2, -0.15) is 0 Å². The fraction of sp³-hybridized carbons (Fsp3) is 0.474. The number of thioether (sulfide) groups is 1. The number of hydrogen-bond donors (Lipinski definition) is 1. The number of benzene rings is 1. The first kappa shape index (κ1) is 19.9. The SMILES string of the molecule is CCCCSc1nc(CCC)n(Cc2cc3c(cc2Cl)OCO3)c1C(=O)O. The second-order valence-electron chi connectivity index (χ2n) is 6.32. The number of unbranched alkanes of at least 4 members (excludes halogenated alkanes) is 1. The van der Waals surface area contributed by atoms with Crippen LogP contribution in [0.2, 0.25) is 5.02 Å². The zero-order valence-electron chi connectivity index (χ0n) is 15.5. The van der Waals surface area contributed by atoms with Crippen molar-refractivity contribution in [2.75, 3.05) is 12.5 Å². The fourth-order valence-electron chi connectivity index (χ4n) is 2.93. The summed E-state index contributed by atoms with van der Waals surface area (Å²) in [5.74, 6) is 1.88. The van der Waals surface area contributed by atoms with E-state index in [-0.39, 0.29) is 12.5 Å². The molecule has 2 aromatic rings. The Balaban J connectivity index is 1.98. The van der Waals surface area contributed by atoms with Crippen LogP contribution in [-0.4, -0.2) is 33.2 Å². The Morgan fingerprint density at radius 1 is 1.30 bits per heavy atom. The molecule has 0 saturated carbocycles. The number of aryl methyl sites for hydroxylation is 1. The van der Waals surface area contributed by atoms with E-state index in [4.69, 9.17) is 21.1 Å². The van der Waals surface area contributed by atoms with Gasteiger partial charge in [-0.05, 0) is 30.2 Å². The minimum absolute atomic E-state index is 0.167. The number of imidazole rings is 1. The molecule has 3 rings (SSSR count). The molecule has 0 spiro atoms. The van der Waals surface area contributed by atoms with Gasteiger partial charge >= 0.3 is 5.97 Å². The summed E-state index contributed by atoms with van der Waals surface area (Å²) >= 11 is 7.91. The number of ether oxygens (including phenoxy) is 2. The number of hydrogen-bond acceptors (Lipinski definition) is 5. The monoisotopic (exact) mass is 410 g/mol. The largest absolute Gasteiger partial charge is 0.476 e. The molecule has 0 amide bonds. The van der Waals surface area contributed by atoms with Gasteiger partial charge in [0.05, 0.1) is 6.54 Å². The highest BCUT2D eigenvalue weighted by Crippen LogP contribution is 2.37. The van der Waals surface area contributed by atoms with Crippen molar-refractivity contribution in [1.29, 1.82) is 0 Å². The molecule has 0 atom stereocenters. The summed E-state index contributed by atoms with van der Waals surface area (Å²) in [7, 11) is 0. The van der Waals surface area contributed by atoms with Crippen LogP contribution in [0.25, 0.3) is 0 Å². The molecule has 0 radical (unpaired) electrons. The van der Waals surface area contributed by atoms with Crippen molar-refractivity contribution in [3.8, 4) is 11.5 Å². The summed E-state index contributed by atoms with van der Waals surface area (Å²) in [6.07, 6.45) is 3.67. The number of carbonyl (C=O) groups is 1. The van der Waals surface area contributed by atoms with Crippen LogP contribution in [-0.2, 0) is 13.0 Å². The maximum Gasteiger partial charge on any atom is 0.355 e. The van der Waals surface area contributed by atoms with Crippen LogP contribution >= 0.6 is 23.4 Å². The Labute approximate surface area is 167 Å². The fourth-order valence-corrected chi connectivity index (χ4v) is 4.28. The number of nitrogens with zero attached hydrogens (tertiary/aromatic N) is 2. The third kappa shape index (κ3) is 4.35. The van der Waals surface area contributed by atoms with Gasteiger partial charge in [-0.25, -0.2) is 9.78 Å². The minimum Gasteiger partial charge on any atom is -0.476 e. The van der Waals surface area contributed by atoms with Gasteiger partial charge in [0.1, 0.15) is 10.9 Å². The Hall–Kier alpha value is -1.86. The van der Waals surface area contributed by atoms with Crippen LogP contribution in [0.1, 0.15) is 55.0 Å². The van der Waals surface area contributed by atoms with Gasteiger partial charge in [-0.15, -0.1) is 11.8 Å². The summed E-state index contributed by atoms with van der Waals surface area (Å²) in [5, 5.41) is 10.9. The van der Waals surface area contributed by atoms with E-state index < -0.39 is 5.97 Å². The highest BCUT2D eigenvalue weighted by atomic mass is 35.5. The molecule has 1 N–H and O–H groups in total. The quantitative estimate of drug-likeness (QED) is 0.470. The Kier molecular flexibility index (Phi) is 6.55. The minimum atomic E-state index is -0.972. The maximum absolute atomic E-state index is 12.0. The van der Waals surface area contributed by atoms with Crippen molar-refractivity contribution >= 4 is 29.3 Å². The predicted octanol–water partition coefficient (Wildman–Crippen LogP) is 4.86. The molecule has 0 aliphatic carbocycles. The Morgan fingerprint density at radius 2 is 2.04 bits per heavy atom. The van der Waals surface area contributed by atoms with Crippen LogP contribution in [0.4, 0.5) is 0 Å². The summed E-state index contributed by atoms with van der Waals surface area (Å²) in [6, 6.07) is 3.53. The number of halogens is 1.